The van der Waals surface area contributed by atoms with Crippen LogP contribution in [0.5, 0.6) is 11.6 Å². The van der Waals surface area contributed by atoms with Crippen molar-refractivity contribution in [3.8, 4) is 11.6 Å². The molecule has 0 aliphatic heterocycles. The summed E-state index contributed by atoms with van der Waals surface area (Å²) < 4.78 is 19.1. The van der Waals surface area contributed by atoms with Crippen LogP contribution < -0.4 is 4.74 Å². The highest BCUT2D eigenvalue weighted by Gasteiger charge is 2.14. The molecule has 0 atom stereocenters. The first-order valence-corrected chi connectivity index (χ1v) is 6.23. The van der Waals surface area contributed by atoms with Gasteiger partial charge in [-0.2, -0.15) is 0 Å². The maximum atomic E-state index is 13.8. The lowest BCUT2D eigenvalue weighted by Gasteiger charge is -2.10. The molecule has 0 aliphatic carbocycles. The topological polar surface area (TPSA) is 42.4 Å². The molecular weight excluding hydrogens is 315 g/mol. The van der Waals surface area contributed by atoms with Crippen molar-refractivity contribution < 1.29 is 14.2 Å². The molecule has 2 aromatic rings. The lowest BCUT2D eigenvalue weighted by molar-refractivity contribution is 0.273. The SMILES string of the molecule is OCc1ccnc(Oc2cc(Cl)c(Cl)cc2Cl)c1F. The fraction of sp³-hybridized carbons (Fsp3) is 0.0833. The Morgan fingerprint density at radius 1 is 1.16 bits per heavy atom. The highest BCUT2D eigenvalue weighted by Crippen LogP contribution is 2.36. The molecule has 1 N–H and O–H groups in total. The number of rotatable bonds is 3. The second-order valence-corrected chi connectivity index (χ2v) is 4.77. The van der Waals surface area contributed by atoms with Crippen molar-refractivity contribution in [3.05, 3.63) is 50.8 Å². The second kappa shape index (κ2) is 5.92. The lowest BCUT2D eigenvalue weighted by atomic mass is 10.2. The number of nitrogens with zero attached hydrogens (tertiary/aromatic N) is 1. The van der Waals surface area contributed by atoms with Gasteiger partial charge in [-0.25, -0.2) is 9.37 Å². The first-order valence-electron chi connectivity index (χ1n) is 5.09. The molecular formula is C12H7Cl3FNO2. The Kier molecular flexibility index (Phi) is 4.47. The van der Waals surface area contributed by atoms with Crippen LogP contribution in [0.25, 0.3) is 0 Å². The first kappa shape index (κ1) is 14.3. The van der Waals surface area contributed by atoms with E-state index >= 15 is 0 Å². The number of aliphatic hydroxyl groups is 1. The third-order valence-corrected chi connectivity index (χ3v) is 3.31. The largest absolute Gasteiger partial charge is 0.435 e. The molecule has 0 spiro atoms. The van der Waals surface area contributed by atoms with Crippen molar-refractivity contribution >= 4 is 34.8 Å². The minimum Gasteiger partial charge on any atom is -0.435 e. The summed E-state index contributed by atoms with van der Waals surface area (Å²) in [5, 5.41) is 9.61. The van der Waals surface area contributed by atoms with Crippen molar-refractivity contribution in [2.45, 2.75) is 6.61 Å². The Hall–Kier alpha value is -1.07. The van der Waals surface area contributed by atoms with E-state index in [2.05, 4.69) is 4.98 Å². The standard InChI is InChI=1S/C12H7Cl3FNO2/c13-7-3-9(15)10(4-8(7)14)19-12-11(16)6(5-18)1-2-17-12/h1-4,18H,5H2. The van der Waals surface area contributed by atoms with Crippen LogP contribution in [0.4, 0.5) is 4.39 Å². The van der Waals surface area contributed by atoms with Gasteiger partial charge in [0.15, 0.2) is 5.82 Å². The molecule has 0 aliphatic rings. The van der Waals surface area contributed by atoms with E-state index in [0.29, 0.717) is 0 Å². The number of pyridine rings is 1. The highest BCUT2D eigenvalue weighted by atomic mass is 35.5. The van der Waals surface area contributed by atoms with Crippen LogP contribution in [0.1, 0.15) is 5.56 Å². The molecule has 0 unspecified atom stereocenters. The zero-order valence-electron chi connectivity index (χ0n) is 9.33. The Morgan fingerprint density at radius 2 is 1.84 bits per heavy atom. The number of hydrogen-bond donors (Lipinski definition) is 1. The molecule has 0 fully saturated rings. The minimum absolute atomic E-state index is 0.0705. The summed E-state index contributed by atoms with van der Waals surface area (Å²) in [6.45, 7) is -0.459. The molecule has 0 radical (unpaired) electrons. The van der Waals surface area contributed by atoms with E-state index in [1.54, 1.807) is 0 Å². The Labute approximate surface area is 123 Å². The van der Waals surface area contributed by atoms with Gasteiger partial charge in [-0.15, -0.1) is 0 Å². The van der Waals surface area contributed by atoms with Crippen LogP contribution in [0.3, 0.4) is 0 Å². The maximum Gasteiger partial charge on any atom is 0.256 e. The molecule has 0 saturated carbocycles. The van der Waals surface area contributed by atoms with E-state index in [9.17, 15) is 4.39 Å². The van der Waals surface area contributed by atoms with Crippen molar-refractivity contribution in [2.24, 2.45) is 0 Å². The molecule has 2 rings (SSSR count). The summed E-state index contributed by atoms with van der Waals surface area (Å²) >= 11 is 17.5. The van der Waals surface area contributed by atoms with Gasteiger partial charge in [-0.3, -0.25) is 0 Å². The summed E-state index contributed by atoms with van der Waals surface area (Å²) in [5.41, 5.74) is 0.0705. The molecule has 1 heterocycles. The van der Waals surface area contributed by atoms with Crippen LogP contribution in [-0.4, -0.2) is 10.1 Å². The monoisotopic (exact) mass is 321 g/mol. The summed E-state index contributed by atoms with van der Waals surface area (Å²) in [6, 6.07) is 4.09. The average Bonchev–Trinajstić information content (AvgIpc) is 2.38. The zero-order valence-corrected chi connectivity index (χ0v) is 11.6. The van der Waals surface area contributed by atoms with Crippen molar-refractivity contribution in [3.63, 3.8) is 0 Å². The van der Waals surface area contributed by atoms with Crippen molar-refractivity contribution in [1.82, 2.24) is 4.98 Å². The molecule has 0 saturated heterocycles. The van der Waals surface area contributed by atoms with Crippen LogP contribution in [0.2, 0.25) is 15.1 Å². The molecule has 0 amide bonds. The van der Waals surface area contributed by atoms with Gasteiger partial charge >= 0.3 is 0 Å². The van der Waals surface area contributed by atoms with Gasteiger partial charge in [0, 0.05) is 17.8 Å². The number of hydrogen-bond acceptors (Lipinski definition) is 3. The average molecular weight is 323 g/mol. The van der Waals surface area contributed by atoms with Gasteiger partial charge in [0.25, 0.3) is 5.88 Å². The quantitative estimate of drug-likeness (QED) is 0.848. The summed E-state index contributed by atoms with van der Waals surface area (Å²) in [4.78, 5) is 3.73. The highest BCUT2D eigenvalue weighted by molar-refractivity contribution is 6.43. The first-order chi connectivity index (χ1) is 9.02. The fourth-order valence-corrected chi connectivity index (χ4v) is 1.92. The summed E-state index contributed by atoms with van der Waals surface area (Å²) in [5.74, 6) is -0.934. The number of ether oxygens (including phenoxy) is 1. The number of aliphatic hydroxyl groups excluding tert-OH is 1. The number of halogens is 4. The fourth-order valence-electron chi connectivity index (χ4n) is 1.34. The zero-order chi connectivity index (χ0) is 14.0. The third-order valence-electron chi connectivity index (χ3n) is 2.29. The third kappa shape index (κ3) is 3.09. The van der Waals surface area contributed by atoms with Crippen molar-refractivity contribution in [1.29, 1.82) is 0 Å². The van der Waals surface area contributed by atoms with Crippen LogP contribution >= 0.6 is 34.8 Å². The Morgan fingerprint density at radius 3 is 2.53 bits per heavy atom. The molecule has 0 bridgehead atoms. The molecule has 7 heteroatoms. The molecule has 3 nitrogen and oxygen atoms in total. The molecule has 19 heavy (non-hydrogen) atoms. The van der Waals surface area contributed by atoms with Crippen LogP contribution in [0, 0.1) is 5.82 Å². The summed E-state index contributed by atoms with van der Waals surface area (Å²) in [6.07, 6.45) is 1.31. The second-order valence-electron chi connectivity index (χ2n) is 3.55. The van der Waals surface area contributed by atoms with Crippen molar-refractivity contribution in [2.75, 3.05) is 0 Å². The van der Waals surface area contributed by atoms with E-state index in [1.165, 1.54) is 24.4 Å². The van der Waals surface area contributed by atoms with Gasteiger partial charge in [-0.1, -0.05) is 34.8 Å². The Balaban J connectivity index is 2.39. The lowest BCUT2D eigenvalue weighted by Crippen LogP contribution is -1.97. The van der Waals surface area contributed by atoms with Gasteiger partial charge in [0.05, 0.1) is 21.7 Å². The molecule has 1 aromatic heterocycles. The normalized spacial score (nSPS) is 10.6. The Bertz CT molecular complexity index is 622. The predicted molar refractivity (Wildman–Crippen MR) is 71.7 cm³/mol. The van der Waals surface area contributed by atoms with Crippen LogP contribution in [-0.2, 0) is 6.61 Å². The van der Waals surface area contributed by atoms with E-state index in [4.69, 9.17) is 44.6 Å². The summed E-state index contributed by atoms with van der Waals surface area (Å²) in [7, 11) is 0. The van der Waals surface area contributed by atoms with Gasteiger partial charge in [0.1, 0.15) is 5.75 Å². The molecule has 100 valence electrons. The smallest absolute Gasteiger partial charge is 0.256 e. The van der Waals surface area contributed by atoms with Gasteiger partial charge < -0.3 is 9.84 Å². The predicted octanol–water partition coefficient (Wildman–Crippen LogP) is 4.47. The van der Waals surface area contributed by atoms with Gasteiger partial charge in [-0.05, 0) is 12.1 Å². The number of benzene rings is 1. The van der Waals surface area contributed by atoms with E-state index in [1.807, 2.05) is 0 Å². The number of aromatic nitrogens is 1. The minimum atomic E-state index is -0.757. The van der Waals surface area contributed by atoms with E-state index < -0.39 is 12.4 Å². The van der Waals surface area contributed by atoms with E-state index in [0.717, 1.165) is 0 Å². The molecule has 1 aromatic carbocycles. The van der Waals surface area contributed by atoms with Gasteiger partial charge in [0.2, 0.25) is 0 Å². The van der Waals surface area contributed by atoms with Crippen LogP contribution in [0.15, 0.2) is 24.4 Å². The van der Waals surface area contributed by atoms with E-state index in [-0.39, 0.29) is 32.3 Å². The maximum absolute atomic E-state index is 13.8.